The van der Waals surface area contributed by atoms with Gasteiger partial charge in [0.2, 0.25) is 0 Å². The number of aliphatic hydroxyl groups is 6. The van der Waals surface area contributed by atoms with Crippen LogP contribution in [-0.2, 0) is 19.2 Å². The molecule has 0 aromatic carbocycles. The van der Waals surface area contributed by atoms with Crippen LogP contribution in [0.4, 0.5) is 0 Å². The molecule has 0 aromatic heterocycles. The molecule has 0 bridgehead atoms. The maximum Gasteiger partial charge on any atom is 0.330 e. The molecule has 0 rings (SSSR count). The molecule has 0 saturated carbocycles. The smallest absolute Gasteiger partial charge is 0.330 e. The van der Waals surface area contributed by atoms with E-state index in [9.17, 15) is 19.2 Å². The molecule has 14 nitrogen and oxygen atoms in total. The van der Waals surface area contributed by atoms with Crippen molar-refractivity contribution < 1.29 is 70.2 Å². The van der Waals surface area contributed by atoms with Crippen LogP contribution in [0.15, 0.2) is 48.6 Å². The first-order valence-corrected chi connectivity index (χ1v) is 9.61. The minimum atomic E-state index is -1.67. The molecule has 0 aromatic rings. The van der Waals surface area contributed by atoms with Crippen LogP contribution < -0.4 is 0 Å². The number of rotatable bonds is 9. The predicted molar refractivity (Wildman–Crippen MR) is 128 cm³/mol. The van der Waals surface area contributed by atoms with Crippen LogP contribution in [-0.4, -0.2) is 113 Å². The van der Waals surface area contributed by atoms with E-state index in [1.54, 1.807) is 0 Å². The third-order valence-electron chi connectivity index (χ3n) is 2.97. The average Bonchev–Trinajstić information content (AvgIpc) is 2.78. The maximum absolute atomic E-state index is 9.60. The van der Waals surface area contributed by atoms with Gasteiger partial charge in [0.15, 0.2) is 0 Å². The second-order valence-corrected chi connectivity index (χ2v) is 6.82. The molecule has 10 N–H and O–H groups in total. The van der Waals surface area contributed by atoms with Crippen molar-refractivity contribution in [1.82, 2.24) is 0 Å². The molecule has 0 aliphatic heterocycles. The lowest BCUT2D eigenvalue weighted by atomic mass is 10.0. The molecule has 0 amide bonds. The fourth-order valence-electron chi connectivity index (χ4n) is 0.671. The largest absolute Gasteiger partial charge is 0.478 e. The Morgan fingerprint density at radius 2 is 0.611 bits per heavy atom. The van der Waals surface area contributed by atoms with Gasteiger partial charge >= 0.3 is 23.9 Å². The third-order valence-corrected chi connectivity index (χ3v) is 2.97. The quantitative estimate of drug-likeness (QED) is 0.161. The van der Waals surface area contributed by atoms with E-state index in [4.69, 9.17) is 51.1 Å². The Hall–Kier alpha value is -3.40. The van der Waals surface area contributed by atoms with Crippen molar-refractivity contribution in [3.8, 4) is 0 Å². The number of hydrogen-bond acceptors (Lipinski definition) is 10. The molecule has 36 heavy (non-hydrogen) atoms. The van der Waals surface area contributed by atoms with Gasteiger partial charge in [0.05, 0.1) is 13.2 Å². The Bertz CT molecular complexity index is 583. The van der Waals surface area contributed by atoms with Crippen molar-refractivity contribution in [1.29, 1.82) is 0 Å². The molecule has 0 saturated heterocycles. The van der Waals surface area contributed by atoms with Crippen LogP contribution in [0.1, 0.15) is 27.7 Å². The summed E-state index contributed by atoms with van der Waals surface area (Å²) < 4.78 is 0. The number of carbonyl (C=O) groups is 4. The number of aliphatic carboxylic acids is 4. The number of carboxylic acid groups (broad SMARTS) is 4. The Labute approximate surface area is 208 Å². The lowest BCUT2D eigenvalue weighted by molar-refractivity contribution is -0.133. The monoisotopic (exact) mass is 526 g/mol. The Morgan fingerprint density at radius 1 is 0.500 bits per heavy atom. The molecule has 210 valence electrons. The van der Waals surface area contributed by atoms with Crippen LogP contribution >= 0.6 is 0 Å². The van der Waals surface area contributed by atoms with E-state index in [0.29, 0.717) is 0 Å². The summed E-state index contributed by atoms with van der Waals surface area (Å²) in [7, 11) is 0. The second kappa shape index (κ2) is 24.7. The average molecular weight is 527 g/mol. The Balaban J connectivity index is -0.000000116. The van der Waals surface area contributed by atoms with E-state index >= 15 is 0 Å². The number of hydrogen-bond donors (Lipinski definition) is 10. The summed E-state index contributed by atoms with van der Waals surface area (Å²) in [6.45, 7) is 17.0. The lowest BCUT2D eigenvalue weighted by Gasteiger charge is -2.24. The molecule has 0 unspecified atom stereocenters. The molecule has 0 spiro atoms. The van der Waals surface area contributed by atoms with Gasteiger partial charge in [0.1, 0.15) is 24.4 Å². The predicted octanol–water partition coefficient (Wildman–Crippen LogP) is -0.997. The highest BCUT2D eigenvalue weighted by Gasteiger charge is 2.29. The standard InChI is InChI=1S/C6H14O6.4C4H6O2/c7-1-3(9)5(11)6(12)4(10)2-8;4*1-3(2)4(5)6/h3-12H,1-2H2;4*1H2,2H3,(H,5,6)/t3-,4+,5-,6-;;;;/m1..../s1. The molecule has 0 heterocycles. The lowest BCUT2D eigenvalue weighted by Crippen LogP contribution is -2.46. The fourth-order valence-corrected chi connectivity index (χ4v) is 0.671. The van der Waals surface area contributed by atoms with Gasteiger partial charge in [-0.25, -0.2) is 19.2 Å². The minimum absolute atomic E-state index is 0.176. The van der Waals surface area contributed by atoms with Gasteiger partial charge in [-0.1, -0.05) is 26.3 Å². The van der Waals surface area contributed by atoms with Crippen molar-refractivity contribution >= 4 is 23.9 Å². The van der Waals surface area contributed by atoms with Gasteiger partial charge in [0.25, 0.3) is 0 Å². The zero-order valence-electron chi connectivity index (χ0n) is 20.7. The molecule has 4 atom stereocenters. The van der Waals surface area contributed by atoms with Gasteiger partial charge in [0, 0.05) is 22.3 Å². The molecular formula is C22H38O14. The normalized spacial score (nSPS) is 12.2. The summed E-state index contributed by atoms with van der Waals surface area (Å²) in [5.41, 5.74) is 0.704. The Morgan fingerprint density at radius 3 is 0.667 bits per heavy atom. The first-order chi connectivity index (χ1) is 16.1. The topological polar surface area (TPSA) is 271 Å². The van der Waals surface area contributed by atoms with Crippen molar-refractivity contribution in [2.24, 2.45) is 0 Å². The summed E-state index contributed by atoms with van der Waals surface area (Å²) in [6.07, 6.45) is -6.39. The van der Waals surface area contributed by atoms with E-state index < -0.39 is 61.5 Å². The van der Waals surface area contributed by atoms with E-state index in [2.05, 4.69) is 26.3 Å². The van der Waals surface area contributed by atoms with E-state index in [-0.39, 0.29) is 22.3 Å². The maximum atomic E-state index is 9.60. The van der Waals surface area contributed by atoms with Crippen LogP contribution in [0.5, 0.6) is 0 Å². The zero-order valence-corrected chi connectivity index (χ0v) is 20.7. The first-order valence-electron chi connectivity index (χ1n) is 9.61. The SMILES string of the molecule is C=C(C)C(=O)O.C=C(C)C(=O)O.C=C(C)C(=O)O.C=C(C)C(=O)O.OC[C@@H](O)[C@@H](O)[C@H](O)[C@@H](O)CO. The highest BCUT2D eigenvalue weighted by molar-refractivity contribution is 5.85. The molecule has 0 radical (unpaired) electrons. The van der Waals surface area contributed by atoms with Crippen LogP contribution in [0.3, 0.4) is 0 Å². The molecule has 0 fully saturated rings. The highest BCUT2D eigenvalue weighted by atomic mass is 16.4. The molecule has 14 heteroatoms. The molecule has 0 aliphatic carbocycles. The van der Waals surface area contributed by atoms with Gasteiger partial charge in [-0.05, 0) is 27.7 Å². The zero-order chi connectivity index (χ0) is 30.3. The third kappa shape index (κ3) is 32.8. The summed E-state index contributed by atoms with van der Waals surface area (Å²) >= 11 is 0. The molecular weight excluding hydrogens is 488 g/mol. The van der Waals surface area contributed by atoms with E-state index in [1.165, 1.54) is 27.7 Å². The molecule has 0 aliphatic rings. The summed E-state index contributed by atoms with van der Waals surface area (Å²) in [4.78, 5) is 38.4. The summed E-state index contributed by atoms with van der Waals surface area (Å²) in [5.74, 6) is -3.74. The van der Waals surface area contributed by atoms with Crippen molar-refractivity contribution in [2.45, 2.75) is 52.1 Å². The first kappa shape index (κ1) is 42.7. The highest BCUT2D eigenvalue weighted by Crippen LogP contribution is 2.04. The van der Waals surface area contributed by atoms with Crippen molar-refractivity contribution in [3.05, 3.63) is 48.6 Å². The van der Waals surface area contributed by atoms with Crippen LogP contribution in [0.2, 0.25) is 0 Å². The Kier molecular flexibility index (Phi) is 29.3. The van der Waals surface area contributed by atoms with E-state index in [0.717, 1.165) is 0 Å². The summed E-state index contributed by atoms with van der Waals surface area (Å²) in [6, 6.07) is 0. The van der Waals surface area contributed by atoms with Crippen LogP contribution in [0.25, 0.3) is 0 Å². The number of carboxylic acids is 4. The second-order valence-electron chi connectivity index (χ2n) is 6.82. The fraction of sp³-hybridized carbons (Fsp3) is 0.455. The van der Waals surface area contributed by atoms with Crippen molar-refractivity contribution in [3.63, 3.8) is 0 Å². The number of aliphatic hydroxyl groups excluding tert-OH is 6. The van der Waals surface area contributed by atoms with Crippen molar-refractivity contribution in [2.75, 3.05) is 13.2 Å². The van der Waals surface area contributed by atoms with Gasteiger partial charge in [-0.15, -0.1) is 0 Å². The van der Waals surface area contributed by atoms with Gasteiger partial charge in [-0.3, -0.25) is 0 Å². The van der Waals surface area contributed by atoms with E-state index in [1.807, 2.05) is 0 Å². The van der Waals surface area contributed by atoms with Gasteiger partial charge < -0.3 is 51.1 Å². The minimum Gasteiger partial charge on any atom is -0.478 e. The van der Waals surface area contributed by atoms with Gasteiger partial charge in [-0.2, -0.15) is 0 Å². The van der Waals surface area contributed by atoms with Crippen LogP contribution in [0, 0.1) is 0 Å². The summed E-state index contributed by atoms with van der Waals surface area (Å²) in [5, 5.41) is 83.7.